The fourth-order valence-corrected chi connectivity index (χ4v) is 4.02. The number of likely N-dealkylation sites (tertiary alicyclic amines) is 1. The monoisotopic (exact) mass is 389 g/mol. The molecule has 1 aromatic heterocycles. The zero-order valence-corrected chi connectivity index (χ0v) is 16.0. The predicted octanol–water partition coefficient (Wildman–Crippen LogP) is 1.82. The SMILES string of the molecule is NC(=O)C1CCCN(Cc2nc(N3CCOCC3)c3ccc(Cl)cc3n2)C1. The number of nitrogens with zero attached hydrogens (tertiary/aromatic N) is 4. The third-order valence-electron chi connectivity index (χ3n) is 5.27. The number of piperidine rings is 1. The van der Waals surface area contributed by atoms with Crippen LogP contribution in [0.4, 0.5) is 5.82 Å². The second-order valence-electron chi connectivity index (χ2n) is 7.20. The number of anilines is 1. The minimum absolute atomic E-state index is 0.0904. The summed E-state index contributed by atoms with van der Waals surface area (Å²) in [5.41, 5.74) is 6.35. The van der Waals surface area contributed by atoms with Crippen molar-refractivity contribution in [3.8, 4) is 0 Å². The molecule has 1 unspecified atom stereocenters. The number of primary amides is 1. The average molecular weight is 390 g/mol. The van der Waals surface area contributed by atoms with Crippen molar-refractivity contribution in [1.29, 1.82) is 0 Å². The summed E-state index contributed by atoms with van der Waals surface area (Å²) >= 11 is 6.20. The van der Waals surface area contributed by atoms with Crippen molar-refractivity contribution < 1.29 is 9.53 Å². The number of ether oxygens (including phenoxy) is 1. The lowest BCUT2D eigenvalue weighted by atomic mass is 9.97. The van der Waals surface area contributed by atoms with Crippen molar-refractivity contribution in [3.05, 3.63) is 29.0 Å². The Morgan fingerprint density at radius 3 is 2.85 bits per heavy atom. The van der Waals surface area contributed by atoms with Crippen molar-refractivity contribution >= 4 is 34.2 Å². The molecule has 0 radical (unpaired) electrons. The van der Waals surface area contributed by atoms with Crippen LogP contribution in [0.3, 0.4) is 0 Å². The van der Waals surface area contributed by atoms with E-state index in [0.29, 0.717) is 31.3 Å². The van der Waals surface area contributed by atoms with Gasteiger partial charge in [0.1, 0.15) is 11.6 Å². The van der Waals surface area contributed by atoms with Gasteiger partial charge < -0.3 is 15.4 Å². The maximum absolute atomic E-state index is 11.6. The third kappa shape index (κ3) is 4.15. The summed E-state index contributed by atoms with van der Waals surface area (Å²) in [6, 6.07) is 5.74. The summed E-state index contributed by atoms with van der Waals surface area (Å²) in [7, 11) is 0. The Morgan fingerprint density at radius 2 is 2.07 bits per heavy atom. The van der Waals surface area contributed by atoms with Crippen molar-refractivity contribution in [2.45, 2.75) is 19.4 Å². The number of amides is 1. The van der Waals surface area contributed by atoms with Crippen LogP contribution in [0, 0.1) is 5.92 Å². The van der Waals surface area contributed by atoms with Gasteiger partial charge in [-0.1, -0.05) is 11.6 Å². The molecule has 4 rings (SSSR count). The maximum atomic E-state index is 11.6. The average Bonchev–Trinajstić information content (AvgIpc) is 2.68. The van der Waals surface area contributed by atoms with E-state index in [4.69, 9.17) is 32.0 Å². The number of nitrogens with two attached hydrogens (primary N) is 1. The lowest BCUT2D eigenvalue weighted by molar-refractivity contribution is -0.123. The molecule has 3 heterocycles. The molecule has 144 valence electrons. The Bertz CT molecular complexity index is 840. The molecule has 8 heteroatoms. The molecule has 1 atom stereocenters. The van der Waals surface area contributed by atoms with E-state index in [1.807, 2.05) is 18.2 Å². The second-order valence-corrected chi connectivity index (χ2v) is 7.64. The zero-order chi connectivity index (χ0) is 18.8. The van der Waals surface area contributed by atoms with E-state index in [1.54, 1.807) is 0 Å². The topological polar surface area (TPSA) is 84.6 Å². The molecule has 27 heavy (non-hydrogen) atoms. The van der Waals surface area contributed by atoms with Crippen LogP contribution in [0.15, 0.2) is 18.2 Å². The van der Waals surface area contributed by atoms with Crippen LogP contribution in [0.25, 0.3) is 10.9 Å². The quantitative estimate of drug-likeness (QED) is 0.858. The van der Waals surface area contributed by atoms with Gasteiger partial charge in [-0.15, -0.1) is 0 Å². The molecule has 2 N–H and O–H groups in total. The molecule has 2 saturated heterocycles. The summed E-state index contributed by atoms with van der Waals surface area (Å²) in [6.45, 7) is 5.20. The van der Waals surface area contributed by atoms with Gasteiger partial charge in [0.05, 0.1) is 31.2 Å². The van der Waals surface area contributed by atoms with E-state index in [9.17, 15) is 4.79 Å². The molecule has 0 spiro atoms. The molecule has 2 aromatic rings. The number of rotatable bonds is 4. The Labute approximate surface area is 163 Å². The largest absolute Gasteiger partial charge is 0.378 e. The minimum atomic E-state index is -0.222. The number of fused-ring (bicyclic) bond motifs is 1. The number of hydrogen-bond acceptors (Lipinski definition) is 6. The molecule has 0 aliphatic carbocycles. The van der Waals surface area contributed by atoms with Crippen molar-refractivity contribution in [2.75, 3.05) is 44.3 Å². The number of aromatic nitrogens is 2. The van der Waals surface area contributed by atoms with Crippen LogP contribution < -0.4 is 10.6 Å². The molecular weight excluding hydrogens is 366 g/mol. The lowest BCUT2D eigenvalue weighted by Crippen LogP contribution is -2.41. The van der Waals surface area contributed by atoms with Gasteiger partial charge in [0.15, 0.2) is 0 Å². The molecule has 0 saturated carbocycles. The van der Waals surface area contributed by atoms with Gasteiger partial charge in [-0.3, -0.25) is 9.69 Å². The summed E-state index contributed by atoms with van der Waals surface area (Å²) in [6.07, 6.45) is 1.82. The highest BCUT2D eigenvalue weighted by molar-refractivity contribution is 6.31. The number of carbonyl (C=O) groups is 1. The van der Waals surface area contributed by atoms with Crippen molar-refractivity contribution in [2.24, 2.45) is 11.7 Å². The van der Waals surface area contributed by atoms with Crippen LogP contribution in [-0.4, -0.2) is 60.2 Å². The van der Waals surface area contributed by atoms with Gasteiger partial charge >= 0.3 is 0 Å². The van der Waals surface area contributed by atoms with E-state index in [-0.39, 0.29) is 11.8 Å². The van der Waals surface area contributed by atoms with Crippen LogP contribution >= 0.6 is 11.6 Å². The van der Waals surface area contributed by atoms with Crippen LogP contribution in [0.2, 0.25) is 5.02 Å². The number of hydrogen-bond donors (Lipinski definition) is 1. The first-order valence-corrected chi connectivity index (χ1v) is 9.78. The van der Waals surface area contributed by atoms with Crippen LogP contribution in [0.1, 0.15) is 18.7 Å². The Hall–Kier alpha value is -1.96. The standard InChI is InChI=1S/C19H24ClN5O2/c20-14-3-4-15-16(10-14)22-17(23-19(15)25-6-8-27-9-7-25)12-24-5-1-2-13(11-24)18(21)26/h3-4,10,13H,1-2,5-9,11-12H2,(H2,21,26). The molecule has 2 fully saturated rings. The predicted molar refractivity (Wildman–Crippen MR) is 105 cm³/mol. The first kappa shape index (κ1) is 18.4. The number of halogens is 1. The Morgan fingerprint density at radius 1 is 1.26 bits per heavy atom. The normalized spacial score (nSPS) is 21.5. The van der Waals surface area contributed by atoms with Gasteiger partial charge in [-0.2, -0.15) is 0 Å². The summed E-state index contributed by atoms with van der Waals surface area (Å²) in [5, 5.41) is 1.66. The summed E-state index contributed by atoms with van der Waals surface area (Å²) in [4.78, 5) is 25.6. The number of morpholine rings is 1. The van der Waals surface area contributed by atoms with Gasteiger partial charge in [0, 0.05) is 30.0 Å². The van der Waals surface area contributed by atoms with Crippen molar-refractivity contribution in [3.63, 3.8) is 0 Å². The van der Waals surface area contributed by atoms with Crippen LogP contribution in [-0.2, 0) is 16.1 Å². The van der Waals surface area contributed by atoms with Gasteiger partial charge in [-0.05, 0) is 37.6 Å². The molecule has 2 aliphatic heterocycles. The van der Waals surface area contributed by atoms with E-state index in [2.05, 4.69) is 9.80 Å². The Kier molecular flexibility index (Phi) is 5.43. The first-order chi connectivity index (χ1) is 13.1. The lowest BCUT2D eigenvalue weighted by Gasteiger charge is -2.31. The van der Waals surface area contributed by atoms with Gasteiger partial charge in [0.2, 0.25) is 5.91 Å². The molecule has 2 aliphatic rings. The molecule has 0 bridgehead atoms. The van der Waals surface area contributed by atoms with Gasteiger partial charge in [-0.25, -0.2) is 9.97 Å². The molecular formula is C19H24ClN5O2. The first-order valence-electron chi connectivity index (χ1n) is 9.41. The fourth-order valence-electron chi connectivity index (χ4n) is 3.85. The molecule has 1 amide bonds. The van der Waals surface area contributed by atoms with Gasteiger partial charge in [0.25, 0.3) is 0 Å². The smallest absolute Gasteiger partial charge is 0.221 e. The zero-order valence-electron chi connectivity index (χ0n) is 15.2. The molecule has 7 nitrogen and oxygen atoms in total. The highest BCUT2D eigenvalue weighted by atomic mass is 35.5. The maximum Gasteiger partial charge on any atom is 0.221 e. The highest BCUT2D eigenvalue weighted by Gasteiger charge is 2.25. The summed E-state index contributed by atoms with van der Waals surface area (Å²) in [5.74, 6) is 1.36. The highest BCUT2D eigenvalue weighted by Crippen LogP contribution is 2.28. The third-order valence-corrected chi connectivity index (χ3v) is 5.50. The Balaban J connectivity index is 1.65. The van der Waals surface area contributed by atoms with E-state index < -0.39 is 0 Å². The second kappa shape index (κ2) is 7.96. The number of benzene rings is 1. The van der Waals surface area contributed by atoms with Crippen molar-refractivity contribution in [1.82, 2.24) is 14.9 Å². The van der Waals surface area contributed by atoms with E-state index in [1.165, 1.54) is 0 Å². The minimum Gasteiger partial charge on any atom is -0.378 e. The molecule has 1 aromatic carbocycles. The number of carbonyl (C=O) groups excluding carboxylic acids is 1. The van der Waals surface area contributed by atoms with E-state index >= 15 is 0 Å². The van der Waals surface area contributed by atoms with E-state index in [0.717, 1.165) is 55.0 Å². The fraction of sp³-hybridized carbons (Fsp3) is 0.526. The van der Waals surface area contributed by atoms with Crippen LogP contribution in [0.5, 0.6) is 0 Å². The summed E-state index contributed by atoms with van der Waals surface area (Å²) < 4.78 is 5.48.